The van der Waals surface area contributed by atoms with Crippen LogP contribution >= 0.6 is 0 Å². The standard InChI is InChI=1S/C41H36/c1-3-11-32(12-4-1)41(33-13-5-2-6-14-33,40-37-17-9-7-15-35(37)36-16-8-10-18-38(36)40)34-20-19-29(26-34)39-30-22-27-21-28(24-30)25-31(39)23-27/h1-20,26-28,30-31,39H,21-25H2. The Bertz CT molecular complexity index is 1270. The molecular formula is C41H36. The van der Waals surface area contributed by atoms with Crippen LogP contribution in [0.4, 0.5) is 0 Å². The zero-order valence-corrected chi connectivity index (χ0v) is 23.5. The van der Waals surface area contributed by atoms with Gasteiger partial charge in [-0.1, -0.05) is 109 Å². The van der Waals surface area contributed by atoms with Crippen molar-refractivity contribution >= 4 is 0 Å². The molecule has 4 bridgehead atoms. The first-order valence-corrected chi connectivity index (χ1v) is 15.8. The van der Waals surface area contributed by atoms with E-state index in [1.165, 1.54) is 78.7 Å². The maximum absolute atomic E-state index is 2.64. The van der Waals surface area contributed by atoms with Gasteiger partial charge in [0.25, 0.3) is 0 Å². The molecule has 8 aliphatic carbocycles. The summed E-state index contributed by atoms with van der Waals surface area (Å²) in [5, 5.41) is 0. The monoisotopic (exact) mass is 528 g/mol. The third-order valence-electron chi connectivity index (χ3n) is 11.3. The minimum Gasteiger partial charge on any atom is -0.0758 e. The smallest absolute Gasteiger partial charge is 0.0351 e. The summed E-state index contributed by atoms with van der Waals surface area (Å²) in [7, 11) is 0. The molecule has 0 aliphatic heterocycles. The SMILES string of the molecule is [CH]1[CH][C](C([C]2[C]3C=CC=C[C]3[C]3C=CC=C[C]32)(c2ccccc2)c2ccccc2)[CH][C]1C1C2CC3CC(C2)CC1C3. The van der Waals surface area contributed by atoms with Crippen molar-refractivity contribution in [3.8, 4) is 0 Å². The molecule has 200 valence electrons. The van der Waals surface area contributed by atoms with Gasteiger partial charge in [-0.3, -0.25) is 0 Å². The van der Waals surface area contributed by atoms with Crippen LogP contribution in [0.3, 0.4) is 0 Å². The Morgan fingerprint density at radius 3 is 1.51 bits per heavy atom. The maximum atomic E-state index is 2.64. The summed E-state index contributed by atoms with van der Waals surface area (Å²) in [5.41, 5.74) is 2.26. The molecule has 2 aromatic rings. The van der Waals surface area contributed by atoms with Gasteiger partial charge >= 0.3 is 0 Å². The molecular weight excluding hydrogens is 492 g/mol. The van der Waals surface area contributed by atoms with Crippen molar-refractivity contribution in [2.45, 2.75) is 37.5 Å². The van der Waals surface area contributed by atoms with Gasteiger partial charge in [0, 0.05) is 35.0 Å². The van der Waals surface area contributed by atoms with E-state index in [9.17, 15) is 0 Å². The van der Waals surface area contributed by atoms with Crippen molar-refractivity contribution in [2.24, 2.45) is 29.6 Å². The second-order valence-corrected chi connectivity index (χ2v) is 13.3. The molecule has 10 radical (unpaired) electrons. The first kappa shape index (κ1) is 24.9. The van der Waals surface area contributed by atoms with Crippen LogP contribution in [0.15, 0.2) is 109 Å². The molecule has 0 N–H and O–H groups in total. The quantitative estimate of drug-likeness (QED) is 0.363. The number of rotatable bonds is 5. The fourth-order valence-corrected chi connectivity index (χ4v) is 10.1. The van der Waals surface area contributed by atoms with Crippen LogP contribution in [-0.2, 0) is 5.41 Å². The van der Waals surface area contributed by atoms with E-state index in [1.807, 2.05) is 0 Å². The Labute approximate surface area is 247 Å². The van der Waals surface area contributed by atoms with Gasteiger partial charge in [-0.25, -0.2) is 0 Å². The lowest BCUT2D eigenvalue weighted by molar-refractivity contribution is -0.0267. The Morgan fingerprint density at radius 1 is 0.512 bits per heavy atom. The molecule has 6 saturated carbocycles. The molecule has 0 amide bonds. The van der Waals surface area contributed by atoms with E-state index in [-0.39, 0.29) is 0 Å². The molecule has 0 aromatic heterocycles. The van der Waals surface area contributed by atoms with E-state index in [0.29, 0.717) is 0 Å². The van der Waals surface area contributed by atoms with E-state index < -0.39 is 5.41 Å². The molecule has 2 aromatic carbocycles. The number of fused-ring (bicyclic) bond motifs is 3. The highest BCUT2D eigenvalue weighted by molar-refractivity contribution is 5.83. The molecule has 0 nitrogen and oxygen atoms in total. The molecule has 41 heavy (non-hydrogen) atoms. The topological polar surface area (TPSA) is 0 Å². The first-order valence-electron chi connectivity index (χ1n) is 15.8. The summed E-state index contributed by atoms with van der Waals surface area (Å²) in [6, 6.07) is 22.7. The van der Waals surface area contributed by atoms with E-state index in [0.717, 1.165) is 29.6 Å². The molecule has 0 unspecified atom stereocenters. The summed E-state index contributed by atoms with van der Waals surface area (Å²) < 4.78 is 0. The van der Waals surface area contributed by atoms with E-state index in [4.69, 9.17) is 0 Å². The lowest BCUT2D eigenvalue weighted by atomic mass is 9.49. The summed E-state index contributed by atoms with van der Waals surface area (Å²) in [6.45, 7) is 0. The van der Waals surface area contributed by atoms with Gasteiger partial charge in [-0.05, 0) is 104 Å². The number of hydrogen-bond donors (Lipinski definition) is 0. The Balaban J connectivity index is 1.19. The second-order valence-electron chi connectivity index (χ2n) is 13.3. The minimum absolute atomic E-state index is 0.421. The zero-order chi connectivity index (χ0) is 27.0. The molecule has 0 heteroatoms. The van der Waals surface area contributed by atoms with E-state index >= 15 is 0 Å². The van der Waals surface area contributed by atoms with Crippen LogP contribution in [0.25, 0.3) is 0 Å². The van der Waals surface area contributed by atoms with Crippen molar-refractivity contribution < 1.29 is 0 Å². The molecule has 6 fully saturated rings. The van der Waals surface area contributed by atoms with Gasteiger partial charge in [0.15, 0.2) is 0 Å². The Kier molecular flexibility index (Phi) is 5.91. The molecule has 10 rings (SSSR count). The Hall–Kier alpha value is -2.60. The fraction of sp³-hybridized carbons (Fsp3) is 0.268. The summed E-state index contributed by atoms with van der Waals surface area (Å²) in [4.78, 5) is 0. The van der Waals surface area contributed by atoms with Crippen LogP contribution in [0, 0.1) is 90.3 Å². The van der Waals surface area contributed by atoms with Crippen LogP contribution in [0.1, 0.15) is 43.2 Å². The summed E-state index contributed by atoms with van der Waals surface area (Å²) >= 11 is 0. The average molecular weight is 529 g/mol. The van der Waals surface area contributed by atoms with Gasteiger partial charge in [0.05, 0.1) is 0 Å². The van der Waals surface area contributed by atoms with E-state index in [2.05, 4.69) is 129 Å². The largest absolute Gasteiger partial charge is 0.0758 e. The molecule has 0 heterocycles. The van der Waals surface area contributed by atoms with Crippen molar-refractivity contribution in [3.05, 3.63) is 181 Å². The maximum Gasteiger partial charge on any atom is 0.0351 e. The third kappa shape index (κ3) is 3.71. The predicted molar refractivity (Wildman–Crippen MR) is 166 cm³/mol. The normalized spacial score (nSPS) is 34.2. The molecule has 0 spiro atoms. The first-order chi connectivity index (χ1) is 20.3. The van der Waals surface area contributed by atoms with Crippen molar-refractivity contribution in [1.82, 2.24) is 0 Å². The second kappa shape index (κ2) is 9.72. The predicted octanol–water partition coefficient (Wildman–Crippen LogP) is 8.96. The third-order valence-corrected chi connectivity index (χ3v) is 11.3. The molecule has 0 atom stereocenters. The molecule has 0 saturated heterocycles. The van der Waals surface area contributed by atoms with Gasteiger partial charge in [-0.15, -0.1) is 0 Å². The van der Waals surface area contributed by atoms with Gasteiger partial charge in [-0.2, -0.15) is 0 Å². The van der Waals surface area contributed by atoms with Gasteiger partial charge < -0.3 is 0 Å². The lowest BCUT2D eigenvalue weighted by Crippen LogP contribution is -2.47. The van der Waals surface area contributed by atoms with Gasteiger partial charge in [0.2, 0.25) is 0 Å². The lowest BCUT2D eigenvalue weighted by Gasteiger charge is -2.56. The Morgan fingerprint density at radius 2 is 1.00 bits per heavy atom. The zero-order valence-electron chi connectivity index (χ0n) is 23.5. The molecule has 8 aliphatic rings. The highest BCUT2D eigenvalue weighted by atomic mass is 14.6. The highest BCUT2D eigenvalue weighted by Crippen LogP contribution is 2.70. The van der Waals surface area contributed by atoms with Crippen molar-refractivity contribution in [2.75, 3.05) is 0 Å². The van der Waals surface area contributed by atoms with Gasteiger partial charge in [0.1, 0.15) is 0 Å². The van der Waals surface area contributed by atoms with Crippen LogP contribution in [0.2, 0.25) is 0 Å². The van der Waals surface area contributed by atoms with Crippen LogP contribution in [-0.4, -0.2) is 0 Å². The number of allylic oxidation sites excluding steroid dienone is 8. The summed E-state index contributed by atoms with van der Waals surface area (Å²) in [5.74, 6) is 14.3. The number of benzene rings is 2. The summed E-state index contributed by atoms with van der Waals surface area (Å²) in [6.07, 6.45) is 33.2. The van der Waals surface area contributed by atoms with E-state index in [1.54, 1.807) is 5.92 Å². The fourth-order valence-electron chi connectivity index (χ4n) is 10.1. The van der Waals surface area contributed by atoms with Crippen LogP contribution in [0.5, 0.6) is 0 Å². The number of hydrogen-bond acceptors (Lipinski definition) is 0. The van der Waals surface area contributed by atoms with Crippen molar-refractivity contribution in [1.29, 1.82) is 0 Å². The minimum atomic E-state index is -0.421. The average Bonchev–Trinajstić information content (AvgIpc) is 3.63. The van der Waals surface area contributed by atoms with Crippen molar-refractivity contribution in [3.63, 3.8) is 0 Å². The van der Waals surface area contributed by atoms with Crippen LogP contribution < -0.4 is 0 Å². The highest BCUT2D eigenvalue weighted by Gasteiger charge is 2.63.